The quantitative estimate of drug-likeness (QED) is 0.335. The number of unbranched alkanes of at least 4 members (excludes halogenated alkanes) is 1. The predicted molar refractivity (Wildman–Crippen MR) is 123 cm³/mol. The topological polar surface area (TPSA) is 114 Å². The second-order valence-electron chi connectivity index (χ2n) is 7.40. The van der Waals surface area contributed by atoms with Crippen molar-refractivity contribution >= 4 is 17.9 Å². The summed E-state index contributed by atoms with van der Waals surface area (Å²) in [6.07, 6.45) is 2.92. The van der Waals surface area contributed by atoms with Crippen LogP contribution in [0, 0.1) is 13.8 Å². The number of hydrogen-bond acceptors (Lipinski definition) is 6. The van der Waals surface area contributed by atoms with Crippen molar-refractivity contribution in [3.63, 3.8) is 0 Å². The minimum atomic E-state index is -0.757. The number of carbonyl (C=O) groups is 1. The van der Waals surface area contributed by atoms with E-state index in [1.165, 1.54) is 6.21 Å². The number of esters is 1. The van der Waals surface area contributed by atoms with Gasteiger partial charge < -0.3 is 9.84 Å². The first-order chi connectivity index (χ1) is 15.3. The Kier molecular flexibility index (Phi) is 7.04. The van der Waals surface area contributed by atoms with E-state index in [1.807, 2.05) is 26.8 Å². The molecule has 0 amide bonds. The molecule has 1 heterocycles. The van der Waals surface area contributed by atoms with Crippen LogP contribution in [0.3, 0.4) is 0 Å². The Hall–Kier alpha value is -3.94. The highest BCUT2D eigenvalue weighted by molar-refractivity contribution is 5.90. The van der Waals surface area contributed by atoms with Crippen LogP contribution in [0.4, 0.5) is 5.69 Å². The third kappa shape index (κ3) is 5.03. The summed E-state index contributed by atoms with van der Waals surface area (Å²) in [6.45, 7) is 6.20. The SMILES string of the molecule is CCCCOC(=O)c1ccc(N=Cc2c(O)n(-c3ccc(C)c(C)c3)c(=O)[nH]c2=O)cc1. The monoisotopic (exact) mass is 435 g/mol. The van der Waals surface area contributed by atoms with Crippen LogP contribution in [0.1, 0.15) is 46.8 Å². The molecule has 0 saturated heterocycles. The van der Waals surface area contributed by atoms with Gasteiger partial charge in [-0.2, -0.15) is 0 Å². The van der Waals surface area contributed by atoms with Crippen LogP contribution in [0.5, 0.6) is 5.88 Å². The van der Waals surface area contributed by atoms with Crippen molar-refractivity contribution < 1.29 is 14.6 Å². The summed E-state index contributed by atoms with van der Waals surface area (Å²) in [5, 5.41) is 10.7. The summed E-state index contributed by atoms with van der Waals surface area (Å²) in [6, 6.07) is 11.6. The maximum absolute atomic E-state index is 12.3. The highest BCUT2D eigenvalue weighted by Gasteiger charge is 2.15. The average Bonchev–Trinajstić information content (AvgIpc) is 2.76. The van der Waals surface area contributed by atoms with Crippen molar-refractivity contribution in [3.8, 4) is 11.6 Å². The highest BCUT2D eigenvalue weighted by atomic mass is 16.5. The number of carbonyl (C=O) groups excluding carboxylic acids is 1. The minimum Gasteiger partial charge on any atom is -0.493 e. The third-order valence-electron chi connectivity index (χ3n) is 5.05. The fourth-order valence-corrected chi connectivity index (χ4v) is 2.97. The van der Waals surface area contributed by atoms with Gasteiger partial charge in [0.2, 0.25) is 5.88 Å². The first-order valence-corrected chi connectivity index (χ1v) is 10.3. The van der Waals surface area contributed by atoms with Crippen LogP contribution in [0.25, 0.3) is 5.69 Å². The molecule has 166 valence electrons. The third-order valence-corrected chi connectivity index (χ3v) is 5.05. The van der Waals surface area contributed by atoms with Gasteiger partial charge in [-0.15, -0.1) is 0 Å². The number of aromatic hydroxyl groups is 1. The molecule has 0 spiro atoms. The fraction of sp³-hybridized carbons (Fsp3) is 0.250. The Morgan fingerprint density at radius 3 is 2.50 bits per heavy atom. The lowest BCUT2D eigenvalue weighted by atomic mass is 10.1. The second-order valence-corrected chi connectivity index (χ2v) is 7.40. The molecule has 0 fully saturated rings. The molecular weight excluding hydrogens is 410 g/mol. The molecule has 0 unspecified atom stereocenters. The van der Waals surface area contributed by atoms with E-state index in [-0.39, 0.29) is 5.56 Å². The molecule has 32 heavy (non-hydrogen) atoms. The number of nitrogens with zero attached hydrogens (tertiary/aromatic N) is 2. The molecule has 1 aromatic heterocycles. The number of rotatable bonds is 7. The van der Waals surface area contributed by atoms with Crippen LogP contribution >= 0.6 is 0 Å². The van der Waals surface area contributed by atoms with E-state index in [9.17, 15) is 19.5 Å². The summed E-state index contributed by atoms with van der Waals surface area (Å²) >= 11 is 0. The van der Waals surface area contributed by atoms with Crippen LogP contribution in [0.15, 0.2) is 57.0 Å². The van der Waals surface area contributed by atoms with E-state index < -0.39 is 23.1 Å². The van der Waals surface area contributed by atoms with E-state index in [0.717, 1.165) is 28.5 Å². The molecule has 8 nitrogen and oxygen atoms in total. The molecule has 0 aliphatic heterocycles. The van der Waals surface area contributed by atoms with Crippen LogP contribution in [-0.4, -0.2) is 33.4 Å². The van der Waals surface area contributed by atoms with Gasteiger partial charge >= 0.3 is 11.7 Å². The molecule has 2 aromatic carbocycles. The van der Waals surface area contributed by atoms with Crippen molar-refractivity contribution in [2.75, 3.05) is 6.61 Å². The number of hydrogen-bond donors (Lipinski definition) is 2. The van der Waals surface area contributed by atoms with E-state index >= 15 is 0 Å². The lowest BCUT2D eigenvalue weighted by molar-refractivity contribution is 0.0500. The summed E-state index contributed by atoms with van der Waals surface area (Å²) < 4.78 is 6.18. The standard InChI is InChI=1S/C24H25N3O5/c1-4-5-12-32-23(30)17-7-9-18(10-8-17)25-14-20-21(28)26-24(31)27(22(20)29)19-11-6-15(2)16(3)13-19/h6-11,13-14,29H,4-5,12H2,1-3H3,(H,26,28,31). The van der Waals surface area contributed by atoms with Gasteiger partial charge in [0.25, 0.3) is 5.56 Å². The number of aryl methyl sites for hydroxylation is 2. The largest absolute Gasteiger partial charge is 0.493 e. The number of aliphatic imine (C=N–C) groups is 1. The molecule has 0 saturated carbocycles. The van der Waals surface area contributed by atoms with Gasteiger partial charge in [-0.05, 0) is 67.8 Å². The molecule has 0 radical (unpaired) electrons. The maximum Gasteiger partial charge on any atom is 0.338 e. The zero-order chi connectivity index (χ0) is 23.3. The predicted octanol–water partition coefficient (Wildman–Crippen LogP) is 3.56. The van der Waals surface area contributed by atoms with Crippen LogP contribution < -0.4 is 11.2 Å². The number of nitrogens with one attached hydrogen (secondary N) is 1. The lowest BCUT2D eigenvalue weighted by Crippen LogP contribution is -2.31. The summed E-state index contributed by atoms with van der Waals surface area (Å²) in [4.78, 5) is 43.0. The average molecular weight is 435 g/mol. The van der Waals surface area contributed by atoms with Gasteiger partial charge in [-0.3, -0.25) is 14.8 Å². The highest BCUT2D eigenvalue weighted by Crippen LogP contribution is 2.19. The lowest BCUT2D eigenvalue weighted by Gasteiger charge is -2.11. The maximum atomic E-state index is 12.3. The minimum absolute atomic E-state index is 0.161. The molecule has 3 aromatic rings. The van der Waals surface area contributed by atoms with Crippen molar-refractivity contribution in [1.82, 2.24) is 9.55 Å². The summed E-state index contributed by atoms with van der Waals surface area (Å²) in [7, 11) is 0. The molecule has 0 aliphatic carbocycles. The Balaban J connectivity index is 1.89. The van der Waals surface area contributed by atoms with Crippen LogP contribution in [-0.2, 0) is 4.74 Å². The number of H-pyrrole nitrogens is 1. The molecule has 0 aliphatic rings. The molecule has 3 rings (SSSR count). The van der Waals surface area contributed by atoms with Crippen molar-refractivity contribution in [3.05, 3.63) is 85.6 Å². The van der Waals surface area contributed by atoms with E-state index in [2.05, 4.69) is 9.98 Å². The van der Waals surface area contributed by atoms with Crippen molar-refractivity contribution in [1.29, 1.82) is 0 Å². The first-order valence-electron chi connectivity index (χ1n) is 10.3. The summed E-state index contributed by atoms with van der Waals surface area (Å²) in [5.41, 5.74) is 1.57. The van der Waals surface area contributed by atoms with Crippen molar-refractivity contribution in [2.45, 2.75) is 33.6 Å². The van der Waals surface area contributed by atoms with E-state index in [0.29, 0.717) is 23.5 Å². The molecule has 0 atom stereocenters. The van der Waals surface area contributed by atoms with Gasteiger partial charge in [-0.25, -0.2) is 14.2 Å². The Morgan fingerprint density at radius 2 is 1.84 bits per heavy atom. The van der Waals surface area contributed by atoms with Gasteiger partial charge in [0.15, 0.2) is 0 Å². The fourth-order valence-electron chi connectivity index (χ4n) is 2.97. The molecule has 8 heteroatoms. The van der Waals surface area contributed by atoms with Gasteiger partial charge in [0, 0.05) is 6.21 Å². The van der Waals surface area contributed by atoms with Crippen molar-refractivity contribution in [2.24, 2.45) is 4.99 Å². The zero-order valence-corrected chi connectivity index (χ0v) is 18.2. The Bertz CT molecular complexity index is 1270. The van der Waals surface area contributed by atoms with E-state index in [4.69, 9.17) is 4.74 Å². The number of benzene rings is 2. The van der Waals surface area contributed by atoms with Crippen LogP contribution in [0.2, 0.25) is 0 Å². The van der Waals surface area contributed by atoms with Gasteiger partial charge in [-0.1, -0.05) is 19.4 Å². The van der Waals surface area contributed by atoms with E-state index in [1.54, 1.807) is 36.4 Å². The van der Waals surface area contributed by atoms with Gasteiger partial charge in [0.05, 0.1) is 23.5 Å². The number of aromatic amines is 1. The van der Waals surface area contributed by atoms with Gasteiger partial charge in [0.1, 0.15) is 5.56 Å². The normalized spacial score (nSPS) is 11.1. The first kappa shape index (κ1) is 22.7. The number of ether oxygens (including phenoxy) is 1. The Morgan fingerprint density at radius 1 is 1.12 bits per heavy atom. The Labute approximate surface area is 184 Å². The smallest absolute Gasteiger partial charge is 0.338 e. The molecular formula is C24H25N3O5. The number of aromatic nitrogens is 2. The molecule has 0 bridgehead atoms. The second kappa shape index (κ2) is 9.91. The zero-order valence-electron chi connectivity index (χ0n) is 18.2. The molecule has 2 N–H and O–H groups in total. The summed E-state index contributed by atoms with van der Waals surface area (Å²) in [5.74, 6) is -0.926.